The highest BCUT2D eigenvalue weighted by atomic mass is 19.1. The van der Waals surface area contributed by atoms with Crippen molar-refractivity contribution in [3.63, 3.8) is 0 Å². The van der Waals surface area contributed by atoms with Crippen LogP contribution in [0.4, 0.5) is 10.1 Å². The molecule has 2 nitrogen and oxygen atoms in total. The van der Waals surface area contributed by atoms with Gasteiger partial charge in [-0.05, 0) is 43.5 Å². The Kier molecular flexibility index (Phi) is 5.42. The average Bonchev–Trinajstić information content (AvgIpc) is 2.46. The number of rotatable bonds is 7. The predicted octanol–water partition coefficient (Wildman–Crippen LogP) is 4.41. The number of para-hydroxylation sites is 2. The molecule has 0 unspecified atom stereocenters. The Morgan fingerprint density at radius 2 is 1.75 bits per heavy atom. The van der Waals surface area contributed by atoms with Crippen molar-refractivity contribution in [2.24, 2.45) is 0 Å². The second kappa shape index (κ2) is 7.53. The van der Waals surface area contributed by atoms with E-state index in [2.05, 4.69) is 5.32 Å². The van der Waals surface area contributed by atoms with Gasteiger partial charge >= 0.3 is 0 Å². The van der Waals surface area contributed by atoms with Gasteiger partial charge in [0.1, 0.15) is 11.6 Å². The predicted molar refractivity (Wildman–Crippen MR) is 80.8 cm³/mol. The van der Waals surface area contributed by atoms with Crippen LogP contribution in [0.3, 0.4) is 0 Å². The van der Waals surface area contributed by atoms with Crippen LogP contribution in [0.2, 0.25) is 0 Å². The summed E-state index contributed by atoms with van der Waals surface area (Å²) in [6.07, 6.45) is 1.88. The molecule has 20 heavy (non-hydrogen) atoms. The van der Waals surface area contributed by atoms with E-state index in [1.54, 1.807) is 12.1 Å². The van der Waals surface area contributed by atoms with Crippen molar-refractivity contribution in [2.75, 3.05) is 18.5 Å². The summed E-state index contributed by atoms with van der Waals surface area (Å²) in [6, 6.07) is 14.7. The van der Waals surface area contributed by atoms with Gasteiger partial charge in [-0.1, -0.05) is 30.3 Å². The summed E-state index contributed by atoms with van der Waals surface area (Å²) in [7, 11) is 0. The first-order valence-corrected chi connectivity index (χ1v) is 6.94. The Labute approximate surface area is 119 Å². The van der Waals surface area contributed by atoms with E-state index in [-0.39, 0.29) is 5.82 Å². The Hall–Kier alpha value is -2.03. The van der Waals surface area contributed by atoms with Crippen LogP contribution in [0.1, 0.15) is 18.4 Å². The first kappa shape index (κ1) is 14.4. The molecule has 0 heterocycles. The molecule has 0 atom stereocenters. The van der Waals surface area contributed by atoms with Crippen LogP contribution >= 0.6 is 0 Å². The van der Waals surface area contributed by atoms with Gasteiger partial charge in [0.05, 0.1) is 12.3 Å². The lowest BCUT2D eigenvalue weighted by molar-refractivity contribution is 0.306. The van der Waals surface area contributed by atoms with Crippen LogP contribution in [0.15, 0.2) is 48.5 Å². The maximum absolute atomic E-state index is 13.3. The number of hydrogen-bond donors (Lipinski definition) is 1. The van der Waals surface area contributed by atoms with E-state index in [0.717, 1.165) is 30.7 Å². The highest BCUT2D eigenvalue weighted by molar-refractivity contribution is 5.44. The van der Waals surface area contributed by atoms with E-state index < -0.39 is 0 Å². The first-order valence-electron chi connectivity index (χ1n) is 6.94. The minimum Gasteiger partial charge on any atom is -0.493 e. The molecule has 3 heteroatoms. The zero-order valence-electron chi connectivity index (χ0n) is 11.7. The van der Waals surface area contributed by atoms with Crippen LogP contribution in [-0.2, 0) is 0 Å². The minimum absolute atomic E-state index is 0.205. The molecule has 0 radical (unpaired) electrons. The molecule has 2 aromatic carbocycles. The van der Waals surface area contributed by atoms with Crippen LogP contribution in [0, 0.1) is 12.7 Å². The molecule has 0 spiro atoms. The molecule has 0 fully saturated rings. The van der Waals surface area contributed by atoms with E-state index in [1.165, 1.54) is 6.07 Å². The maximum atomic E-state index is 13.3. The Balaban J connectivity index is 1.63. The first-order chi connectivity index (χ1) is 9.77. The van der Waals surface area contributed by atoms with Crippen molar-refractivity contribution < 1.29 is 9.13 Å². The minimum atomic E-state index is -0.205. The van der Waals surface area contributed by atoms with Gasteiger partial charge < -0.3 is 10.1 Å². The molecule has 0 aliphatic rings. The lowest BCUT2D eigenvalue weighted by Gasteiger charge is -2.09. The lowest BCUT2D eigenvalue weighted by atomic mass is 10.2. The Morgan fingerprint density at radius 3 is 2.55 bits per heavy atom. The molecule has 2 aromatic rings. The highest BCUT2D eigenvalue weighted by Crippen LogP contribution is 2.16. The molecule has 0 aromatic heterocycles. The van der Waals surface area contributed by atoms with Crippen LogP contribution in [0.5, 0.6) is 5.75 Å². The Bertz CT molecular complexity index is 493. The standard InChI is InChI=1S/C17H20FNO/c1-14-8-2-5-11-17(14)20-13-7-6-12-19-16-10-4-3-9-15(16)18/h2-5,8-11,19H,6-7,12-13H2,1H3. The third kappa shape index (κ3) is 4.26. The molecular formula is C17H20FNO. The van der Waals surface area contributed by atoms with E-state index >= 15 is 0 Å². The van der Waals surface area contributed by atoms with E-state index in [0.29, 0.717) is 12.3 Å². The van der Waals surface area contributed by atoms with Crippen molar-refractivity contribution in [2.45, 2.75) is 19.8 Å². The molecule has 0 saturated carbocycles. The normalized spacial score (nSPS) is 10.3. The molecule has 0 aliphatic carbocycles. The number of benzene rings is 2. The Morgan fingerprint density at radius 1 is 1.00 bits per heavy atom. The summed E-state index contributed by atoms with van der Waals surface area (Å²) < 4.78 is 19.1. The largest absolute Gasteiger partial charge is 0.493 e. The zero-order valence-corrected chi connectivity index (χ0v) is 11.7. The zero-order chi connectivity index (χ0) is 14.2. The summed E-state index contributed by atoms with van der Waals surface area (Å²) in [5.74, 6) is 0.734. The number of hydrogen-bond acceptors (Lipinski definition) is 2. The van der Waals surface area contributed by atoms with Crippen LogP contribution < -0.4 is 10.1 Å². The maximum Gasteiger partial charge on any atom is 0.146 e. The molecule has 0 amide bonds. The lowest BCUT2D eigenvalue weighted by Crippen LogP contribution is -2.06. The quantitative estimate of drug-likeness (QED) is 0.755. The fourth-order valence-electron chi connectivity index (χ4n) is 1.96. The van der Waals surface area contributed by atoms with E-state index in [4.69, 9.17) is 4.74 Å². The van der Waals surface area contributed by atoms with Gasteiger partial charge in [-0.3, -0.25) is 0 Å². The summed E-state index contributed by atoms with van der Waals surface area (Å²) in [4.78, 5) is 0. The molecular weight excluding hydrogens is 253 g/mol. The van der Waals surface area contributed by atoms with E-state index in [9.17, 15) is 4.39 Å². The van der Waals surface area contributed by atoms with Crippen molar-refractivity contribution in [3.05, 3.63) is 59.9 Å². The second-order valence-corrected chi connectivity index (χ2v) is 4.73. The van der Waals surface area contributed by atoms with Crippen LogP contribution in [-0.4, -0.2) is 13.2 Å². The van der Waals surface area contributed by atoms with Gasteiger partial charge in [0, 0.05) is 6.54 Å². The fraction of sp³-hybridized carbons (Fsp3) is 0.294. The van der Waals surface area contributed by atoms with Gasteiger partial charge in [-0.25, -0.2) is 4.39 Å². The van der Waals surface area contributed by atoms with Crippen LogP contribution in [0.25, 0.3) is 0 Å². The molecule has 1 N–H and O–H groups in total. The van der Waals surface area contributed by atoms with Crippen molar-refractivity contribution in [1.29, 1.82) is 0 Å². The number of halogens is 1. The number of ether oxygens (including phenoxy) is 1. The number of nitrogens with one attached hydrogen (secondary N) is 1. The smallest absolute Gasteiger partial charge is 0.146 e. The van der Waals surface area contributed by atoms with Gasteiger partial charge in [0.2, 0.25) is 0 Å². The van der Waals surface area contributed by atoms with Gasteiger partial charge in [0.25, 0.3) is 0 Å². The van der Waals surface area contributed by atoms with Crippen molar-refractivity contribution in [3.8, 4) is 5.75 Å². The summed E-state index contributed by atoms with van der Waals surface area (Å²) in [6.45, 7) is 3.47. The second-order valence-electron chi connectivity index (χ2n) is 4.73. The monoisotopic (exact) mass is 273 g/mol. The summed E-state index contributed by atoms with van der Waals surface area (Å²) in [5.41, 5.74) is 1.71. The van der Waals surface area contributed by atoms with Gasteiger partial charge in [0.15, 0.2) is 0 Å². The SMILES string of the molecule is Cc1ccccc1OCCCCNc1ccccc1F. The summed E-state index contributed by atoms with van der Waals surface area (Å²) in [5, 5.41) is 3.09. The molecule has 0 aliphatic heterocycles. The molecule has 2 rings (SSSR count). The van der Waals surface area contributed by atoms with E-state index in [1.807, 2.05) is 37.3 Å². The molecule has 0 saturated heterocycles. The van der Waals surface area contributed by atoms with Crippen molar-refractivity contribution in [1.82, 2.24) is 0 Å². The number of unbranched alkanes of at least 4 members (excludes halogenated alkanes) is 1. The summed E-state index contributed by atoms with van der Waals surface area (Å²) >= 11 is 0. The van der Waals surface area contributed by atoms with Crippen molar-refractivity contribution >= 4 is 5.69 Å². The van der Waals surface area contributed by atoms with Gasteiger partial charge in [-0.2, -0.15) is 0 Å². The fourth-order valence-corrected chi connectivity index (χ4v) is 1.96. The highest BCUT2D eigenvalue weighted by Gasteiger charge is 1.99. The molecule has 0 bridgehead atoms. The topological polar surface area (TPSA) is 21.3 Å². The third-order valence-corrected chi connectivity index (χ3v) is 3.11. The molecule has 106 valence electrons. The number of anilines is 1. The number of aryl methyl sites for hydroxylation is 1. The average molecular weight is 273 g/mol. The third-order valence-electron chi connectivity index (χ3n) is 3.11. The van der Waals surface area contributed by atoms with Gasteiger partial charge in [-0.15, -0.1) is 0 Å².